The number of amides is 1. The van der Waals surface area contributed by atoms with Crippen molar-refractivity contribution in [3.63, 3.8) is 0 Å². The van der Waals surface area contributed by atoms with E-state index in [9.17, 15) is 13.2 Å². The number of rotatable bonds is 9. The standard InChI is InChI=1S/C18H22N2O5S/c1-24-16-9-11-17(12-10-16)25-13-3-4-18(21)19-14-5-7-15(8-6-14)20-26(2,22)23/h5-12,20H,3-4,13H2,1-2H3,(H,19,21). The zero-order chi connectivity index (χ0) is 19.0. The van der Waals surface area contributed by atoms with Crippen molar-refractivity contribution < 1.29 is 22.7 Å². The number of ether oxygens (including phenoxy) is 2. The second-order valence-corrected chi connectivity index (χ2v) is 7.38. The molecule has 0 saturated heterocycles. The monoisotopic (exact) mass is 378 g/mol. The third-order valence-electron chi connectivity index (χ3n) is 3.35. The molecule has 0 aliphatic heterocycles. The summed E-state index contributed by atoms with van der Waals surface area (Å²) in [4.78, 5) is 11.9. The molecule has 0 radical (unpaired) electrons. The third-order valence-corrected chi connectivity index (χ3v) is 3.95. The van der Waals surface area contributed by atoms with Gasteiger partial charge in [0.15, 0.2) is 0 Å². The number of carbonyl (C=O) groups is 1. The highest BCUT2D eigenvalue weighted by atomic mass is 32.2. The average molecular weight is 378 g/mol. The van der Waals surface area contributed by atoms with Crippen molar-refractivity contribution in [1.82, 2.24) is 0 Å². The Balaban J connectivity index is 1.71. The van der Waals surface area contributed by atoms with Crippen LogP contribution in [0.3, 0.4) is 0 Å². The van der Waals surface area contributed by atoms with Gasteiger partial charge in [0.2, 0.25) is 15.9 Å². The zero-order valence-corrected chi connectivity index (χ0v) is 15.5. The largest absolute Gasteiger partial charge is 0.497 e. The molecule has 140 valence electrons. The summed E-state index contributed by atoms with van der Waals surface area (Å²) in [5.41, 5.74) is 1.04. The van der Waals surface area contributed by atoms with Crippen molar-refractivity contribution in [2.45, 2.75) is 12.8 Å². The zero-order valence-electron chi connectivity index (χ0n) is 14.7. The van der Waals surface area contributed by atoms with Crippen LogP contribution in [0.15, 0.2) is 48.5 Å². The lowest BCUT2D eigenvalue weighted by atomic mass is 10.2. The molecule has 0 atom stereocenters. The van der Waals surface area contributed by atoms with Crippen molar-refractivity contribution in [2.75, 3.05) is 30.0 Å². The normalized spacial score (nSPS) is 10.8. The Morgan fingerprint density at radius 1 is 0.962 bits per heavy atom. The van der Waals surface area contributed by atoms with Gasteiger partial charge >= 0.3 is 0 Å². The first-order valence-corrected chi connectivity index (χ1v) is 9.89. The number of hydrogen-bond donors (Lipinski definition) is 2. The minimum absolute atomic E-state index is 0.132. The van der Waals surface area contributed by atoms with Crippen LogP contribution in [0.2, 0.25) is 0 Å². The second-order valence-electron chi connectivity index (χ2n) is 5.63. The van der Waals surface area contributed by atoms with E-state index < -0.39 is 10.0 Å². The van der Waals surface area contributed by atoms with Crippen LogP contribution in [-0.2, 0) is 14.8 Å². The van der Waals surface area contributed by atoms with Gasteiger partial charge < -0.3 is 14.8 Å². The van der Waals surface area contributed by atoms with Gasteiger partial charge in [-0.05, 0) is 55.0 Å². The Morgan fingerprint density at radius 3 is 2.12 bits per heavy atom. The van der Waals surface area contributed by atoms with Crippen molar-refractivity contribution in [3.05, 3.63) is 48.5 Å². The first-order chi connectivity index (χ1) is 12.4. The molecule has 7 nitrogen and oxygen atoms in total. The van der Waals surface area contributed by atoms with Crippen molar-refractivity contribution in [1.29, 1.82) is 0 Å². The van der Waals surface area contributed by atoms with Gasteiger partial charge in [0.25, 0.3) is 0 Å². The maximum absolute atomic E-state index is 11.9. The molecular weight excluding hydrogens is 356 g/mol. The van der Waals surface area contributed by atoms with E-state index in [1.165, 1.54) is 0 Å². The molecular formula is C18H22N2O5S. The maximum Gasteiger partial charge on any atom is 0.229 e. The predicted octanol–water partition coefficient (Wildman–Crippen LogP) is 2.86. The Labute approximate surface area is 153 Å². The maximum atomic E-state index is 11.9. The molecule has 8 heteroatoms. The van der Waals surface area contributed by atoms with E-state index in [4.69, 9.17) is 9.47 Å². The van der Waals surface area contributed by atoms with E-state index in [1.54, 1.807) is 31.4 Å². The highest BCUT2D eigenvalue weighted by Crippen LogP contribution is 2.17. The molecule has 0 saturated carbocycles. The molecule has 2 aromatic carbocycles. The summed E-state index contributed by atoms with van der Waals surface area (Å²) >= 11 is 0. The Bertz CT molecular complexity index is 818. The lowest BCUT2D eigenvalue weighted by molar-refractivity contribution is -0.116. The van der Waals surface area contributed by atoms with Crippen LogP contribution in [0.1, 0.15) is 12.8 Å². The fourth-order valence-corrected chi connectivity index (χ4v) is 2.72. The quantitative estimate of drug-likeness (QED) is 0.655. The summed E-state index contributed by atoms with van der Waals surface area (Å²) in [7, 11) is -1.71. The minimum atomic E-state index is -3.31. The summed E-state index contributed by atoms with van der Waals surface area (Å²) in [6.45, 7) is 0.428. The summed E-state index contributed by atoms with van der Waals surface area (Å²) in [5, 5.41) is 2.76. The fraction of sp³-hybridized carbons (Fsp3) is 0.278. The van der Waals surface area contributed by atoms with Gasteiger partial charge in [-0.3, -0.25) is 9.52 Å². The Morgan fingerprint density at radius 2 is 1.54 bits per heavy atom. The summed E-state index contributed by atoms with van der Waals surface area (Å²) in [6, 6.07) is 13.7. The molecule has 1 amide bonds. The van der Waals surface area contributed by atoms with Crippen LogP contribution in [0.4, 0.5) is 11.4 Å². The van der Waals surface area contributed by atoms with Crippen LogP contribution in [0.5, 0.6) is 11.5 Å². The number of benzene rings is 2. The molecule has 2 N–H and O–H groups in total. The van der Waals surface area contributed by atoms with Crippen molar-refractivity contribution in [2.24, 2.45) is 0 Å². The highest BCUT2D eigenvalue weighted by Gasteiger charge is 2.05. The van der Waals surface area contributed by atoms with E-state index in [-0.39, 0.29) is 5.91 Å². The molecule has 0 spiro atoms. The number of methoxy groups -OCH3 is 1. The van der Waals surface area contributed by atoms with E-state index >= 15 is 0 Å². The van der Waals surface area contributed by atoms with Crippen LogP contribution in [0.25, 0.3) is 0 Å². The van der Waals surface area contributed by atoms with Crippen LogP contribution in [0, 0.1) is 0 Å². The molecule has 0 aromatic heterocycles. The molecule has 0 heterocycles. The smallest absolute Gasteiger partial charge is 0.229 e. The summed E-state index contributed by atoms with van der Waals surface area (Å²) in [6.07, 6.45) is 1.97. The van der Waals surface area contributed by atoms with Crippen molar-refractivity contribution in [3.8, 4) is 11.5 Å². The number of nitrogens with one attached hydrogen (secondary N) is 2. The van der Waals surface area contributed by atoms with Gasteiger partial charge in [-0.2, -0.15) is 0 Å². The Hall–Kier alpha value is -2.74. The Kier molecular flexibility index (Phi) is 6.85. The molecule has 26 heavy (non-hydrogen) atoms. The van der Waals surface area contributed by atoms with Gasteiger partial charge in [0.1, 0.15) is 11.5 Å². The first-order valence-electron chi connectivity index (χ1n) is 8.00. The topological polar surface area (TPSA) is 93.7 Å². The van der Waals surface area contributed by atoms with E-state index in [0.29, 0.717) is 30.8 Å². The predicted molar refractivity (Wildman–Crippen MR) is 101 cm³/mol. The number of anilines is 2. The van der Waals surface area contributed by atoms with Gasteiger partial charge in [0.05, 0.1) is 20.0 Å². The van der Waals surface area contributed by atoms with E-state index in [1.807, 2.05) is 24.3 Å². The average Bonchev–Trinajstić information content (AvgIpc) is 2.60. The van der Waals surface area contributed by atoms with Gasteiger partial charge in [-0.15, -0.1) is 0 Å². The summed E-state index contributed by atoms with van der Waals surface area (Å²) < 4.78 is 35.3. The minimum Gasteiger partial charge on any atom is -0.497 e. The highest BCUT2D eigenvalue weighted by molar-refractivity contribution is 7.92. The summed E-state index contributed by atoms with van der Waals surface area (Å²) in [5.74, 6) is 1.35. The molecule has 0 aliphatic carbocycles. The fourth-order valence-electron chi connectivity index (χ4n) is 2.15. The van der Waals surface area contributed by atoms with E-state index in [2.05, 4.69) is 10.0 Å². The van der Waals surface area contributed by atoms with Crippen LogP contribution >= 0.6 is 0 Å². The number of hydrogen-bond acceptors (Lipinski definition) is 5. The molecule has 0 bridgehead atoms. The molecule has 0 fully saturated rings. The van der Waals surface area contributed by atoms with Gasteiger partial charge in [-0.1, -0.05) is 0 Å². The van der Waals surface area contributed by atoms with Crippen molar-refractivity contribution >= 4 is 27.3 Å². The van der Waals surface area contributed by atoms with E-state index in [0.717, 1.165) is 17.8 Å². The van der Waals surface area contributed by atoms with Crippen LogP contribution < -0.4 is 19.5 Å². The lowest BCUT2D eigenvalue weighted by Crippen LogP contribution is -2.13. The molecule has 2 aromatic rings. The van der Waals surface area contributed by atoms with Gasteiger partial charge in [0, 0.05) is 17.8 Å². The molecule has 2 rings (SSSR count). The number of carbonyl (C=O) groups excluding carboxylic acids is 1. The SMILES string of the molecule is COc1ccc(OCCCC(=O)Nc2ccc(NS(C)(=O)=O)cc2)cc1. The lowest BCUT2D eigenvalue weighted by Gasteiger charge is -2.09. The second kappa shape index (κ2) is 9.10. The third kappa shape index (κ3) is 7.02. The van der Waals surface area contributed by atoms with Gasteiger partial charge in [-0.25, -0.2) is 8.42 Å². The molecule has 0 aliphatic rings. The molecule has 0 unspecified atom stereocenters. The first kappa shape index (κ1) is 19.6. The van der Waals surface area contributed by atoms with Crippen LogP contribution in [-0.4, -0.2) is 34.3 Å². The number of sulfonamides is 1.